The second kappa shape index (κ2) is 6.52. The molecule has 6 heteroatoms. The third-order valence-corrected chi connectivity index (χ3v) is 7.10. The zero-order chi connectivity index (χ0) is 18.3. The van der Waals surface area contributed by atoms with E-state index in [4.69, 9.17) is 0 Å². The highest BCUT2D eigenvalue weighted by atomic mass is 32.2. The van der Waals surface area contributed by atoms with E-state index in [1.807, 2.05) is 25.1 Å². The van der Waals surface area contributed by atoms with Crippen molar-refractivity contribution in [3.8, 4) is 0 Å². The Hall–Kier alpha value is -2.18. The molecular weight excluding hydrogens is 348 g/mol. The molecule has 4 rings (SSSR count). The van der Waals surface area contributed by atoms with Crippen molar-refractivity contribution in [2.24, 2.45) is 0 Å². The summed E-state index contributed by atoms with van der Waals surface area (Å²) < 4.78 is 27.2. The molecule has 1 atom stereocenters. The second-order valence-corrected chi connectivity index (χ2v) is 8.93. The highest BCUT2D eigenvalue weighted by Gasteiger charge is 2.34. The Kier molecular flexibility index (Phi) is 4.32. The van der Waals surface area contributed by atoms with Crippen LogP contribution >= 0.6 is 0 Å². The molecule has 0 unspecified atom stereocenters. The number of rotatable bonds is 3. The third kappa shape index (κ3) is 2.83. The molecule has 26 heavy (non-hydrogen) atoms. The number of benzene rings is 2. The van der Waals surface area contributed by atoms with Crippen LogP contribution in [0.2, 0.25) is 0 Å². The van der Waals surface area contributed by atoms with Crippen LogP contribution in [0.25, 0.3) is 0 Å². The van der Waals surface area contributed by atoms with Gasteiger partial charge in [-0.3, -0.25) is 4.79 Å². The minimum atomic E-state index is -3.44. The van der Waals surface area contributed by atoms with Crippen molar-refractivity contribution >= 4 is 21.6 Å². The number of amides is 1. The van der Waals surface area contributed by atoms with E-state index >= 15 is 0 Å². The lowest BCUT2D eigenvalue weighted by Gasteiger charge is -2.23. The summed E-state index contributed by atoms with van der Waals surface area (Å²) in [5.74, 6) is -0.0491. The van der Waals surface area contributed by atoms with E-state index in [2.05, 4.69) is 0 Å². The summed E-state index contributed by atoms with van der Waals surface area (Å²) in [6, 6.07) is 14.4. The maximum Gasteiger partial charge on any atom is 0.258 e. The van der Waals surface area contributed by atoms with Crippen molar-refractivity contribution in [1.29, 1.82) is 0 Å². The van der Waals surface area contributed by atoms with Gasteiger partial charge < -0.3 is 4.90 Å². The summed E-state index contributed by atoms with van der Waals surface area (Å²) >= 11 is 0. The lowest BCUT2D eigenvalue weighted by atomic mass is 10.1. The first kappa shape index (κ1) is 17.2. The Morgan fingerprint density at radius 1 is 1.04 bits per heavy atom. The largest absolute Gasteiger partial charge is 0.305 e. The van der Waals surface area contributed by atoms with E-state index in [-0.39, 0.29) is 11.9 Å². The molecule has 136 valence electrons. The molecular formula is C20H22N2O3S. The van der Waals surface area contributed by atoms with Crippen LogP contribution in [-0.2, 0) is 16.4 Å². The fraction of sp³-hybridized carbons (Fsp3) is 0.350. The van der Waals surface area contributed by atoms with Crippen LogP contribution in [0.5, 0.6) is 0 Å². The number of hydrogen-bond acceptors (Lipinski definition) is 3. The topological polar surface area (TPSA) is 57.7 Å². The molecule has 2 heterocycles. The summed E-state index contributed by atoms with van der Waals surface area (Å²) in [4.78, 5) is 15.0. The fourth-order valence-corrected chi connectivity index (χ4v) is 5.44. The van der Waals surface area contributed by atoms with Crippen LogP contribution in [0.1, 0.15) is 35.7 Å². The van der Waals surface area contributed by atoms with Gasteiger partial charge in [-0.05, 0) is 62.1 Å². The first-order chi connectivity index (χ1) is 12.5. The van der Waals surface area contributed by atoms with Gasteiger partial charge in [0, 0.05) is 30.4 Å². The summed E-state index contributed by atoms with van der Waals surface area (Å²) in [5.41, 5.74) is 2.37. The molecule has 0 spiro atoms. The molecule has 2 aromatic carbocycles. The van der Waals surface area contributed by atoms with Crippen molar-refractivity contribution in [2.45, 2.75) is 37.1 Å². The number of hydrogen-bond donors (Lipinski definition) is 0. The lowest BCUT2D eigenvalue weighted by molar-refractivity contribution is 0.0981. The summed E-state index contributed by atoms with van der Waals surface area (Å²) in [6.07, 6.45) is 2.50. The predicted octanol–water partition coefficient (Wildman–Crippen LogP) is 3.06. The Labute approximate surface area is 154 Å². The van der Waals surface area contributed by atoms with Gasteiger partial charge in [-0.2, -0.15) is 4.31 Å². The van der Waals surface area contributed by atoms with Crippen LogP contribution in [0.4, 0.5) is 5.69 Å². The van der Waals surface area contributed by atoms with Crippen LogP contribution in [-0.4, -0.2) is 37.8 Å². The third-order valence-electron chi connectivity index (χ3n) is 5.21. The molecule has 0 radical (unpaired) electrons. The van der Waals surface area contributed by atoms with Crippen LogP contribution in [0.3, 0.4) is 0 Å². The molecule has 2 aliphatic rings. The smallest absolute Gasteiger partial charge is 0.258 e. The number of sulfonamides is 1. The highest BCUT2D eigenvalue weighted by molar-refractivity contribution is 7.89. The van der Waals surface area contributed by atoms with E-state index in [1.165, 1.54) is 0 Å². The SMILES string of the molecule is C[C@H]1Cc2cc(S(=O)(=O)N3CCCC3)ccc2N1C(=O)c1ccccc1. The first-order valence-corrected chi connectivity index (χ1v) is 10.4. The number of nitrogens with zero attached hydrogens (tertiary/aromatic N) is 2. The van der Waals surface area contributed by atoms with Crippen LogP contribution in [0.15, 0.2) is 53.4 Å². The van der Waals surface area contributed by atoms with Gasteiger partial charge >= 0.3 is 0 Å². The molecule has 2 aliphatic heterocycles. The highest BCUT2D eigenvalue weighted by Crippen LogP contribution is 2.35. The van der Waals surface area contributed by atoms with E-state index in [1.54, 1.807) is 39.5 Å². The predicted molar refractivity (Wildman–Crippen MR) is 101 cm³/mol. The zero-order valence-electron chi connectivity index (χ0n) is 14.8. The minimum absolute atomic E-state index is 0.00227. The fourth-order valence-electron chi connectivity index (χ4n) is 3.87. The van der Waals surface area contributed by atoms with Crippen molar-refractivity contribution in [1.82, 2.24) is 4.31 Å². The average Bonchev–Trinajstić information content (AvgIpc) is 3.29. The summed E-state index contributed by atoms with van der Waals surface area (Å²) in [5, 5.41) is 0. The van der Waals surface area contributed by atoms with Crippen molar-refractivity contribution in [2.75, 3.05) is 18.0 Å². The molecule has 1 amide bonds. The molecule has 2 aromatic rings. The lowest BCUT2D eigenvalue weighted by Crippen LogP contribution is -2.35. The number of carbonyl (C=O) groups excluding carboxylic acids is 1. The molecule has 0 saturated carbocycles. The Bertz CT molecular complexity index is 935. The number of carbonyl (C=O) groups is 1. The quantitative estimate of drug-likeness (QED) is 0.834. The average molecular weight is 370 g/mol. The normalized spacial score (nSPS) is 20.3. The van der Waals surface area contributed by atoms with Gasteiger partial charge in [0.15, 0.2) is 0 Å². The van der Waals surface area contributed by atoms with Gasteiger partial charge in [-0.25, -0.2) is 8.42 Å². The van der Waals surface area contributed by atoms with Gasteiger partial charge in [-0.1, -0.05) is 18.2 Å². The monoisotopic (exact) mass is 370 g/mol. The number of anilines is 1. The molecule has 1 fully saturated rings. The Morgan fingerprint density at radius 3 is 2.42 bits per heavy atom. The standard InChI is InChI=1S/C20H22N2O3S/c1-15-13-17-14-18(26(24,25)21-11-5-6-12-21)9-10-19(17)22(15)20(23)16-7-3-2-4-8-16/h2-4,7-10,14-15H,5-6,11-13H2,1H3/t15-/m0/s1. The van der Waals surface area contributed by atoms with Gasteiger partial charge in [0.1, 0.15) is 0 Å². The molecule has 1 saturated heterocycles. The zero-order valence-corrected chi connectivity index (χ0v) is 15.6. The molecule has 0 N–H and O–H groups in total. The Morgan fingerprint density at radius 2 is 1.73 bits per heavy atom. The number of fused-ring (bicyclic) bond motifs is 1. The minimum Gasteiger partial charge on any atom is -0.305 e. The molecule has 0 aromatic heterocycles. The van der Waals surface area contributed by atoms with Gasteiger partial charge in [0.05, 0.1) is 4.90 Å². The van der Waals surface area contributed by atoms with E-state index in [9.17, 15) is 13.2 Å². The Balaban J connectivity index is 1.68. The van der Waals surface area contributed by atoms with E-state index in [0.29, 0.717) is 30.0 Å². The van der Waals surface area contributed by atoms with Crippen molar-refractivity contribution in [3.05, 3.63) is 59.7 Å². The van der Waals surface area contributed by atoms with E-state index < -0.39 is 10.0 Å². The summed E-state index contributed by atoms with van der Waals surface area (Å²) in [6.45, 7) is 3.18. The maximum absolute atomic E-state index is 12.9. The molecule has 0 aliphatic carbocycles. The molecule has 0 bridgehead atoms. The van der Waals surface area contributed by atoms with Crippen LogP contribution < -0.4 is 4.90 Å². The van der Waals surface area contributed by atoms with Crippen molar-refractivity contribution < 1.29 is 13.2 Å². The van der Waals surface area contributed by atoms with Gasteiger partial charge in [0.2, 0.25) is 10.0 Å². The van der Waals surface area contributed by atoms with Crippen molar-refractivity contribution in [3.63, 3.8) is 0 Å². The first-order valence-electron chi connectivity index (χ1n) is 9.00. The van der Waals surface area contributed by atoms with Gasteiger partial charge in [-0.15, -0.1) is 0 Å². The maximum atomic E-state index is 12.9. The van der Waals surface area contributed by atoms with Gasteiger partial charge in [0.25, 0.3) is 5.91 Å². The molecule has 5 nitrogen and oxygen atoms in total. The van der Waals surface area contributed by atoms with Crippen LogP contribution in [0, 0.1) is 0 Å². The van der Waals surface area contributed by atoms with E-state index in [0.717, 1.165) is 24.1 Å². The summed E-state index contributed by atoms with van der Waals surface area (Å²) in [7, 11) is -3.44. The second-order valence-electron chi connectivity index (χ2n) is 7.00.